The first kappa shape index (κ1) is 31.9. The molecular formula is C38H32N6O7. The average molecular weight is 685 g/mol. The van der Waals surface area contributed by atoms with E-state index in [4.69, 9.17) is 14.6 Å². The first-order chi connectivity index (χ1) is 24.9. The van der Waals surface area contributed by atoms with Gasteiger partial charge in [0.25, 0.3) is 5.91 Å². The number of fused-ring (bicyclic) bond motifs is 2. The summed E-state index contributed by atoms with van der Waals surface area (Å²) in [7, 11) is 0. The Morgan fingerprint density at radius 1 is 0.824 bits per heavy atom. The Labute approximate surface area is 291 Å². The standard InChI is InChI=1S/C38H32N6O7/c45-34-12-11-33(36(46)40-34)44-37(47)29-9-7-27(20-30(29)38(44)48)51-18-17-50-26-5-3-25(4-6-26)43-21-31(35(41-43)22-13-15-39-16-14-22)24-1-8-28-23(19-24)2-10-32(28)42-49/h1,3-9,13-16,19-21,33,38,48-49H,2,10-12,17-18H2,(H,40,45,46)/b42-32+. The van der Waals surface area contributed by atoms with Crippen LogP contribution in [0.25, 0.3) is 28.1 Å². The summed E-state index contributed by atoms with van der Waals surface area (Å²) in [4.78, 5) is 42.2. The van der Waals surface area contributed by atoms with Gasteiger partial charge in [0.05, 0.1) is 11.4 Å². The van der Waals surface area contributed by atoms with Crippen molar-refractivity contribution in [3.8, 4) is 39.6 Å². The maximum absolute atomic E-state index is 13.0. The summed E-state index contributed by atoms with van der Waals surface area (Å²) in [6, 6.07) is 21.4. The number of benzene rings is 3. The molecule has 0 radical (unpaired) electrons. The molecule has 3 aliphatic rings. The van der Waals surface area contributed by atoms with Gasteiger partial charge < -0.3 is 19.8 Å². The molecule has 3 amide bonds. The maximum atomic E-state index is 13.0. The van der Waals surface area contributed by atoms with Crippen LogP contribution in [-0.4, -0.2) is 72.7 Å². The smallest absolute Gasteiger partial charge is 0.257 e. The zero-order valence-electron chi connectivity index (χ0n) is 27.2. The van der Waals surface area contributed by atoms with Crippen molar-refractivity contribution in [2.24, 2.45) is 5.16 Å². The fourth-order valence-electron chi connectivity index (χ4n) is 6.89. The minimum Gasteiger partial charge on any atom is -0.490 e. The van der Waals surface area contributed by atoms with Gasteiger partial charge in [-0.25, -0.2) is 4.68 Å². The van der Waals surface area contributed by atoms with Crippen molar-refractivity contribution < 1.29 is 34.2 Å². The molecule has 13 heteroatoms. The topological polar surface area (TPSA) is 168 Å². The summed E-state index contributed by atoms with van der Waals surface area (Å²) in [6.45, 7) is 0.436. The van der Waals surface area contributed by atoms with Gasteiger partial charge in [-0.3, -0.25) is 29.6 Å². The molecule has 2 atom stereocenters. The van der Waals surface area contributed by atoms with E-state index < -0.39 is 30.0 Å². The zero-order valence-corrected chi connectivity index (χ0v) is 27.2. The molecule has 1 saturated heterocycles. The number of aliphatic hydroxyl groups is 1. The third-order valence-corrected chi connectivity index (χ3v) is 9.44. The number of nitrogens with one attached hydrogen (secondary N) is 1. The molecule has 2 aromatic heterocycles. The first-order valence-corrected chi connectivity index (χ1v) is 16.6. The SMILES string of the molecule is O=C1CCC(N2C(=O)c3ccc(OCCOc4ccc(-n5cc(-c6ccc7c(c6)CC/C7=N\O)c(-c6ccncc6)n5)cc4)cc3C2O)C(=O)N1. The summed E-state index contributed by atoms with van der Waals surface area (Å²) in [5.74, 6) is -0.385. The van der Waals surface area contributed by atoms with Gasteiger partial charge in [0, 0.05) is 52.8 Å². The Morgan fingerprint density at radius 2 is 1.57 bits per heavy atom. The predicted molar refractivity (Wildman–Crippen MR) is 184 cm³/mol. The summed E-state index contributed by atoms with van der Waals surface area (Å²) >= 11 is 0. The van der Waals surface area contributed by atoms with Crippen molar-refractivity contribution in [1.29, 1.82) is 0 Å². The number of hydrogen-bond acceptors (Lipinski definition) is 10. The summed E-state index contributed by atoms with van der Waals surface area (Å²) in [6.07, 6.45) is 5.93. The van der Waals surface area contributed by atoms with E-state index in [1.807, 2.05) is 59.4 Å². The molecule has 2 aliphatic heterocycles. The van der Waals surface area contributed by atoms with Crippen LogP contribution in [0.2, 0.25) is 0 Å². The molecule has 0 bridgehead atoms. The van der Waals surface area contributed by atoms with Crippen molar-refractivity contribution >= 4 is 23.4 Å². The summed E-state index contributed by atoms with van der Waals surface area (Å²) < 4.78 is 13.6. The number of aryl methyl sites for hydroxylation is 1. The maximum Gasteiger partial charge on any atom is 0.257 e. The second-order valence-electron chi connectivity index (χ2n) is 12.5. The number of imide groups is 1. The monoisotopic (exact) mass is 684 g/mol. The van der Waals surface area contributed by atoms with Gasteiger partial charge >= 0.3 is 0 Å². The van der Waals surface area contributed by atoms with E-state index in [1.165, 1.54) is 0 Å². The number of oxime groups is 1. The van der Waals surface area contributed by atoms with Crippen molar-refractivity contribution in [3.05, 3.63) is 114 Å². The van der Waals surface area contributed by atoms with Crippen LogP contribution in [0.5, 0.6) is 11.5 Å². The lowest BCUT2D eigenvalue weighted by molar-refractivity contribution is -0.139. The van der Waals surface area contributed by atoms with Crippen molar-refractivity contribution in [2.45, 2.75) is 38.0 Å². The van der Waals surface area contributed by atoms with E-state index >= 15 is 0 Å². The molecular weight excluding hydrogens is 652 g/mol. The summed E-state index contributed by atoms with van der Waals surface area (Å²) in [5, 5.41) is 30.9. The lowest BCUT2D eigenvalue weighted by atomic mass is 9.98. The lowest BCUT2D eigenvalue weighted by Gasteiger charge is -2.31. The quantitative estimate of drug-likeness (QED) is 0.0880. The first-order valence-electron chi connectivity index (χ1n) is 16.6. The van der Waals surface area contributed by atoms with E-state index in [-0.39, 0.29) is 31.6 Å². The van der Waals surface area contributed by atoms with E-state index in [2.05, 4.69) is 21.5 Å². The fourth-order valence-corrected chi connectivity index (χ4v) is 6.89. The highest BCUT2D eigenvalue weighted by atomic mass is 16.5. The lowest BCUT2D eigenvalue weighted by Crippen LogP contribution is -2.53. The highest BCUT2D eigenvalue weighted by Gasteiger charge is 2.44. The number of aliphatic hydroxyl groups excluding tert-OH is 1. The Balaban J connectivity index is 0.924. The molecule has 4 heterocycles. The number of nitrogens with zero attached hydrogens (tertiary/aromatic N) is 5. The Kier molecular flexibility index (Phi) is 8.24. The van der Waals surface area contributed by atoms with Crippen LogP contribution in [-0.2, 0) is 16.0 Å². The average Bonchev–Trinajstić information content (AvgIpc) is 3.85. The Hall–Kier alpha value is -6.34. The third-order valence-electron chi connectivity index (χ3n) is 9.44. The van der Waals surface area contributed by atoms with Crippen molar-refractivity contribution in [3.63, 3.8) is 0 Å². The van der Waals surface area contributed by atoms with Crippen molar-refractivity contribution in [1.82, 2.24) is 25.0 Å². The van der Waals surface area contributed by atoms with Crippen LogP contribution in [0.3, 0.4) is 0 Å². The molecule has 5 aromatic rings. The van der Waals surface area contributed by atoms with Gasteiger partial charge in [-0.2, -0.15) is 5.10 Å². The number of carbonyl (C=O) groups is 3. The second-order valence-corrected chi connectivity index (χ2v) is 12.5. The fraction of sp³-hybridized carbons (Fsp3) is 0.211. The van der Waals surface area contributed by atoms with E-state index in [0.29, 0.717) is 29.2 Å². The molecule has 1 fully saturated rings. The van der Waals surface area contributed by atoms with Crippen LogP contribution in [0.15, 0.2) is 96.5 Å². The molecule has 0 spiro atoms. The number of piperidine rings is 1. The highest BCUT2D eigenvalue weighted by molar-refractivity contribution is 6.06. The highest BCUT2D eigenvalue weighted by Crippen LogP contribution is 2.38. The molecule has 1 aliphatic carbocycles. The number of carbonyl (C=O) groups excluding carboxylic acids is 3. The van der Waals surface area contributed by atoms with Crippen LogP contribution < -0.4 is 14.8 Å². The normalized spacial score (nSPS) is 18.9. The Morgan fingerprint density at radius 3 is 2.33 bits per heavy atom. The van der Waals surface area contributed by atoms with Gasteiger partial charge in [-0.1, -0.05) is 23.4 Å². The molecule has 3 N–H and O–H groups in total. The zero-order chi connectivity index (χ0) is 35.1. The van der Waals surface area contributed by atoms with Gasteiger partial charge in [0.2, 0.25) is 11.8 Å². The largest absolute Gasteiger partial charge is 0.490 e. The van der Waals surface area contributed by atoms with Crippen LogP contribution in [0, 0.1) is 0 Å². The molecule has 8 rings (SSSR count). The van der Waals surface area contributed by atoms with Gasteiger partial charge in [0.15, 0.2) is 6.23 Å². The molecule has 3 aromatic carbocycles. The summed E-state index contributed by atoms with van der Waals surface area (Å²) in [5.41, 5.74) is 8.01. The van der Waals surface area contributed by atoms with E-state index in [1.54, 1.807) is 30.6 Å². The number of rotatable bonds is 9. The van der Waals surface area contributed by atoms with Gasteiger partial charge in [-0.15, -0.1) is 0 Å². The van der Waals surface area contributed by atoms with E-state index in [0.717, 1.165) is 50.5 Å². The number of amides is 3. The van der Waals surface area contributed by atoms with E-state index in [9.17, 15) is 24.7 Å². The minimum absolute atomic E-state index is 0.0952. The molecule has 256 valence electrons. The third kappa shape index (κ3) is 5.97. The molecule has 51 heavy (non-hydrogen) atoms. The van der Waals surface area contributed by atoms with Crippen LogP contribution in [0.4, 0.5) is 0 Å². The number of hydrogen-bond donors (Lipinski definition) is 3. The molecule has 2 unspecified atom stereocenters. The van der Waals surface area contributed by atoms with Crippen LogP contribution in [0.1, 0.15) is 52.5 Å². The molecule has 13 nitrogen and oxygen atoms in total. The number of aromatic nitrogens is 3. The number of ether oxygens (including phenoxy) is 2. The van der Waals surface area contributed by atoms with Gasteiger partial charge in [-0.05, 0) is 85.0 Å². The number of pyridine rings is 1. The second kappa shape index (κ2) is 13.2. The van der Waals surface area contributed by atoms with Gasteiger partial charge in [0.1, 0.15) is 36.4 Å². The van der Waals surface area contributed by atoms with Crippen LogP contribution >= 0.6 is 0 Å². The molecule has 0 saturated carbocycles. The van der Waals surface area contributed by atoms with Crippen molar-refractivity contribution in [2.75, 3.05) is 13.2 Å². The minimum atomic E-state index is -1.33. The predicted octanol–water partition coefficient (Wildman–Crippen LogP) is 4.44. The Bertz CT molecular complexity index is 2200.